The number of amides is 1. The molecule has 4 nitrogen and oxygen atoms in total. The van der Waals surface area contributed by atoms with Gasteiger partial charge in [-0.05, 0) is 69.2 Å². The van der Waals surface area contributed by atoms with Crippen molar-refractivity contribution in [2.75, 3.05) is 26.2 Å². The number of unbranched alkanes of at least 4 members (excludes halogenated alkanes) is 1. The molecule has 26 heavy (non-hydrogen) atoms. The van der Waals surface area contributed by atoms with Gasteiger partial charge < -0.3 is 15.5 Å². The summed E-state index contributed by atoms with van der Waals surface area (Å²) in [4.78, 5) is 14.8. The Labute approximate surface area is 172 Å². The molecule has 4 unspecified atom stereocenters. The lowest BCUT2D eigenvalue weighted by atomic mass is 9.89. The van der Waals surface area contributed by atoms with Crippen LogP contribution in [0.2, 0.25) is 0 Å². The zero-order valence-corrected chi connectivity index (χ0v) is 18.2. The molecule has 0 radical (unpaired) electrons. The highest BCUT2D eigenvalue weighted by molar-refractivity contribution is 5.85. The molecule has 2 bridgehead atoms. The van der Waals surface area contributed by atoms with Crippen molar-refractivity contribution < 1.29 is 4.79 Å². The molecule has 0 saturated carbocycles. The van der Waals surface area contributed by atoms with Crippen molar-refractivity contribution in [2.45, 2.75) is 77.3 Å². The van der Waals surface area contributed by atoms with Crippen molar-refractivity contribution in [2.24, 2.45) is 17.8 Å². The summed E-state index contributed by atoms with van der Waals surface area (Å²) < 4.78 is 0. The monoisotopic (exact) mass is 407 g/mol. The third-order valence-corrected chi connectivity index (χ3v) is 6.21. The maximum absolute atomic E-state index is 12.2. The van der Waals surface area contributed by atoms with Gasteiger partial charge in [-0.15, -0.1) is 24.8 Å². The van der Waals surface area contributed by atoms with E-state index in [2.05, 4.69) is 29.4 Å². The number of carbonyl (C=O) groups is 1. The Morgan fingerprint density at radius 1 is 1.00 bits per heavy atom. The maximum atomic E-state index is 12.2. The van der Waals surface area contributed by atoms with E-state index in [1.54, 1.807) is 0 Å². The third kappa shape index (κ3) is 7.53. The van der Waals surface area contributed by atoms with Crippen molar-refractivity contribution in [3.8, 4) is 0 Å². The predicted molar refractivity (Wildman–Crippen MR) is 113 cm³/mol. The van der Waals surface area contributed by atoms with E-state index < -0.39 is 0 Å². The smallest absolute Gasteiger partial charge is 0.220 e. The summed E-state index contributed by atoms with van der Waals surface area (Å²) >= 11 is 0. The van der Waals surface area contributed by atoms with Crippen molar-refractivity contribution in [3.63, 3.8) is 0 Å². The van der Waals surface area contributed by atoms with Gasteiger partial charge in [-0.1, -0.05) is 13.8 Å². The molecule has 6 heteroatoms. The molecule has 0 aromatic heterocycles. The van der Waals surface area contributed by atoms with Gasteiger partial charge in [0, 0.05) is 38.1 Å². The molecule has 3 heterocycles. The highest BCUT2D eigenvalue weighted by Gasteiger charge is 2.34. The lowest BCUT2D eigenvalue weighted by molar-refractivity contribution is -0.122. The Bertz CT molecular complexity index is 402. The summed E-state index contributed by atoms with van der Waals surface area (Å²) in [7, 11) is 0. The standard InChI is InChI=1S/C20H37N3O.2ClH/c1-15-9-16(2)14-23(13-15)8-4-3-7-21-20(24)12-17-10-18-5-6-19(11-17)22-18;;/h15-19,22H,3-14H2,1-2H3,(H,21,24);2*1H. The minimum Gasteiger partial charge on any atom is -0.356 e. The topological polar surface area (TPSA) is 44.4 Å². The lowest BCUT2D eigenvalue weighted by Crippen LogP contribution is -2.40. The average Bonchev–Trinajstić information content (AvgIpc) is 2.85. The summed E-state index contributed by atoms with van der Waals surface area (Å²) in [6, 6.07) is 1.38. The van der Waals surface area contributed by atoms with E-state index in [4.69, 9.17) is 0 Å². The van der Waals surface area contributed by atoms with Crippen molar-refractivity contribution >= 4 is 30.7 Å². The molecule has 3 aliphatic heterocycles. The van der Waals surface area contributed by atoms with Gasteiger partial charge in [0.15, 0.2) is 0 Å². The number of nitrogens with one attached hydrogen (secondary N) is 2. The average molecular weight is 408 g/mol. The Balaban J connectivity index is 0.00000169. The van der Waals surface area contributed by atoms with Crippen LogP contribution in [0.5, 0.6) is 0 Å². The van der Waals surface area contributed by atoms with E-state index in [1.807, 2.05) is 0 Å². The fourth-order valence-corrected chi connectivity index (χ4v) is 5.34. The van der Waals surface area contributed by atoms with Crippen LogP contribution in [0.15, 0.2) is 0 Å². The molecule has 0 spiro atoms. The summed E-state index contributed by atoms with van der Waals surface area (Å²) in [6.07, 6.45) is 9.48. The van der Waals surface area contributed by atoms with Crippen molar-refractivity contribution in [1.82, 2.24) is 15.5 Å². The Morgan fingerprint density at radius 3 is 2.23 bits per heavy atom. The van der Waals surface area contributed by atoms with E-state index in [0.717, 1.165) is 31.2 Å². The number of nitrogens with zero attached hydrogens (tertiary/aromatic N) is 1. The van der Waals surface area contributed by atoms with Crippen LogP contribution < -0.4 is 10.6 Å². The van der Waals surface area contributed by atoms with E-state index in [-0.39, 0.29) is 30.7 Å². The molecule has 0 aliphatic carbocycles. The number of piperidine rings is 2. The van der Waals surface area contributed by atoms with Crippen LogP contribution in [0.1, 0.15) is 65.2 Å². The number of likely N-dealkylation sites (tertiary alicyclic amines) is 1. The molecular weight excluding hydrogens is 369 g/mol. The molecule has 0 aromatic rings. The van der Waals surface area contributed by atoms with Gasteiger partial charge >= 0.3 is 0 Å². The molecule has 2 N–H and O–H groups in total. The highest BCUT2D eigenvalue weighted by Crippen LogP contribution is 2.32. The second-order valence-corrected chi connectivity index (χ2v) is 8.94. The minimum atomic E-state index is 0. The molecule has 1 amide bonds. The third-order valence-electron chi connectivity index (χ3n) is 6.21. The first-order chi connectivity index (χ1) is 11.6. The largest absolute Gasteiger partial charge is 0.356 e. The quantitative estimate of drug-likeness (QED) is 0.633. The maximum Gasteiger partial charge on any atom is 0.220 e. The van der Waals surface area contributed by atoms with Gasteiger partial charge in [0.05, 0.1) is 0 Å². The van der Waals surface area contributed by atoms with Gasteiger partial charge in [-0.3, -0.25) is 4.79 Å². The predicted octanol–water partition coefficient (Wildman–Crippen LogP) is 3.63. The van der Waals surface area contributed by atoms with Crippen LogP contribution in [0.3, 0.4) is 0 Å². The first-order valence-corrected chi connectivity index (χ1v) is 10.3. The van der Waals surface area contributed by atoms with E-state index in [9.17, 15) is 4.79 Å². The minimum absolute atomic E-state index is 0. The Kier molecular flexibility index (Phi) is 10.8. The fourth-order valence-electron chi connectivity index (χ4n) is 5.34. The van der Waals surface area contributed by atoms with Crippen molar-refractivity contribution in [1.29, 1.82) is 0 Å². The number of hydrogen-bond acceptors (Lipinski definition) is 3. The number of halogens is 2. The van der Waals surface area contributed by atoms with E-state index >= 15 is 0 Å². The SMILES string of the molecule is CC1CC(C)CN(CCCCNC(=O)CC2CC3CCC(C2)N3)C1.Cl.Cl. The summed E-state index contributed by atoms with van der Waals surface area (Å²) in [5.41, 5.74) is 0. The molecule has 3 fully saturated rings. The molecule has 154 valence electrons. The van der Waals surface area contributed by atoms with Crippen LogP contribution in [-0.2, 0) is 4.79 Å². The lowest BCUT2D eigenvalue weighted by Gasteiger charge is -2.34. The molecule has 3 saturated heterocycles. The van der Waals surface area contributed by atoms with Gasteiger partial charge in [0.1, 0.15) is 0 Å². The number of rotatable bonds is 7. The Morgan fingerprint density at radius 2 is 1.62 bits per heavy atom. The number of hydrogen-bond donors (Lipinski definition) is 2. The van der Waals surface area contributed by atoms with Crippen LogP contribution in [0, 0.1) is 17.8 Å². The van der Waals surface area contributed by atoms with Gasteiger partial charge in [0.2, 0.25) is 5.91 Å². The highest BCUT2D eigenvalue weighted by atomic mass is 35.5. The van der Waals surface area contributed by atoms with Crippen LogP contribution in [0.4, 0.5) is 0 Å². The van der Waals surface area contributed by atoms with Crippen LogP contribution in [-0.4, -0.2) is 49.1 Å². The second kappa shape index (κ2) is 11.7. The van der Waals surface area contributed by atoms with E-state index in [1.165, 1.54) is 58.2 Å². The van der Waals surface area contributed by atoms with E-state index in [0.29, 0.717) is 18.0 Å². The summed E-state index contributed by atoms with van der Waals surface area (Å²) in [6.45, 7) is 9.31. The van der Waals surface area contributed by atoms with Gasteiger partial charge in [-0.25, -0.2) is 0 Å². The second-order valence-electron chi connectivity index (χ2n) is 8.94. The number of carbonyl (C=O) groups excluding carboxylic acids is 1. The normalized spacial score (nSPS) is 33.8. The molecule has 4 atom stereocenters. The summed E-state index contributed by atoms with van der Waals surface area (Å²) in [5, 5.41) is 6.81. The first-order valence-electron chi connectivity index (χ1n) is 10.3. The first kappa shape index (κ1) is 24.0. The van der Waals surface area contributed by atoms with Crippen molar-refractivity contribution in [3.05, 3.63) is 0 Å². The van der Waals surface area contributed by atoms with Gasteiger partial charge in [0.25, 0.3) is 0 Å². The molecule has 3 aliphatic rings. The summed E-state index contributed by atoms with van der Waals surface area (Å²) in [5.74, 6) is 2.57. The molecule has 0 aromatic carbocycles. The number of fused-ring (bicyclic) bond motifs is 2. The molecular formula is C20H39Cl2N3O. The molecule has 3 rings (SSSR count). The Hall–Kier alpha value is -0.0300. The van der Waals surface area contributed by atoms with Crippen LogP contribution >= 0.6 is 24.8 Å². The zero-order valence-electron chi connectivity index (χ0n) is 16.5. The zero-order chi connectivity index (χ0) is 16.9. The van der Waals surface area contributed by atoms with Gasteiger partial charge in [-0.2, -0.15) is 0 Å². The fraction of sp³-hybridized carbons (Fsp3) is 0.950. The van der Waals surface area contributed by atoms with Crippen LogP contribution in [0.25, 0.3) is 0 Å².